The Balaban J connectivity index is 1.85. The normalized spacial score (nSPS) is 29.4. The minimum absolute atomic E-state index is 0.417. The Bertz CT molecular complexity index is 218. The molecule has 1 atom stereocenters. The lowest BCUT2D eigenvalue weighted by atomic mass is 9.95. The quantitative estimate of drug-likeness (QED) is 0.728. The maximum Gasteiger partial charge on any atom is 0.0224 e. The van der Waals surface area contributed by atoms with E-state index in [-0.39, 0.29) is 0 Å². The third-order valence-corrected chi connectivity index (χ3v) is 5.20. The van der Waals surface area contributed by atoms with Crippen LogP contribution in [0.2, 0.25) is 0 Å². The highest BCUT2D eigenvalue weighted by Crippen LogP contribution is 2.25. The van der Waals surface area contributed by atoms with Gasteiger partial charge in [0, 0.05) is 37.6 Å². The molecule has 2 heterocycles. The predicted octanol–water partition coefficient (Wildman–Crippen LogP) is 2.19. The molecular weight excluding hydrogens is 252 g/mol. The summed E-state index contributed by atoms with van der Waals surface area (Å²) >= 11 is 3.62. The summed E-state index contributed by atoms with van der Waals surface area (Å²) in [7, 11) is 0. The van der Waals surface area contributed by atoms with Crippen LogP contribution in [0.4, 0.5) is 0 Å². The molecule has 0 amide bonds. The average molecular weight is 275 g/mol. The summed E-state index contributed by atoms with van der Waals surface area (Å²) in [4.78, 5) is 5.34. The van der Waals surface area contributed by atoms with E-state index in [2.05, 4.69) is 39.6 Å². The van der Waals surface area contributed by atoms with Crippen molar-refractivity contribution < 1.29 is 0 Å². The molecule has 0 N–H and O–H groups in total. The van der Waals surface area contributed by atoms with Gasteiger partial charge in [0.05, 0.1) is 0 Å². The van der Waals surface area contributed by atoms with Gasteiger partial charge in [-0.15, -0.1) is 0 Å². The van der Waals surface area contributed by atoms with Crippen LogP contribution in [0.15, 0.2) is 0 Å². The van der Waals surface area contributed by atoms with Crippen LogP contribution in [0.25, 0.3) is 0 Å². The van der Waals surface area contributed by atoms with Crippen molar-refractivity contribution in [3.8, 4) is 0 Å². The molecule has 2 rings (SSSR count). The molecule has 88 valence electrons. The third-order valence-electron chi connectivity index (χ3n) is 3.68. The number of alkyl halides is 1. The first-order valence-electron chi connectivity index (χ1n) is 6.13. The maximum atomic E-state index is 3.62. The third kappa shape index (κ3) is 2.95. The Morgan fingerprint density at radius 1 is 1.27 bits per heavy atom. The van der Waals surface area contributed by atoms with Gasteiger partial charge in [-0.2, -0.15) is 0 Å². The molecule has 2 aliphatic heterocycles. The first-order valence-corrected chi connectivity index (χ1v) is 7.25. The van der Waals surface area contributed by atoms with E-state index >= 15 is 0 Å². The molecule has 2 fully saturated rings. The van der Waals surface area contributed by atoms with Crippen LogP contribution in [0, 0.1) is 5.41 Å². The van der Waals surface area contributed by atoms with Crippen molar-refractivity contribution in [3.63, 3.8) is 0 Å². The first-order chi connectivity index (χ1) is 7.11. The van der Waals surface area contributed by atoms with Gasteiger partial charge in [0.15, 0.2) is 0 Å². The van der Waals surface area contributed by atoms with E-state index in [0.717, 1.165) is 11.4 Å². The summed E-state index contributed by atoms with van der Waals surface area (Å²) in [6, 6.07) is 0.866. The molecule has 0 aliphatic carbocycles. The van der Waals surface area contributed by atoms with Gasteiger partial charge in [0.1, 0.15) is 0 Å². The molecule has 2 nitrogen and oxygen atoms in total. The lowest BCUT2D eigenvalue weighted by Gasteiger charge is -2.40. The molecule has 0 radical (unpaired) electrons. The highest BCUT2D eigenvalue weighted by molar-refractivity contribution is 9.09. The Labute approximate surface area is 102 Å². The van der Waals surface area contributed by atoms with Crippen LogP contribution in [-0.2, 0) is 0 Å². The summed E-state index contributed by atoms with van der Waals surface area (Å²) in [6.07, 6.45) is 2.84. The van der Waals surface area contributed by atoms with Crippen molar-refractivity contribution in [1.82, 2.24) is 9.80 Å². The smallest absolute Gasteiger partial charge is 0.0224 e. The highest BCUT2D eigenvalue weighted by atomic mass is 79.9. The molecule has 15 heavy (non-hydrogen) atoms. The van der Waals surface area contributed by atoms with Gasteiger partial charge in [-0.1, -0.05) is 29.8 Å². The molecule has 0 aromatic carbocycles. The van der Waals surface area contributed by atoms with Crippen LogP contribution in [-0.4, -0.2) is 53.9 Å². The number of nitrogens with zero attached hydrogens (tertiary/aromatic N) is 2. The second-order valence-corrected chi connectivity index (χ2v) is 6.43. The number of piperazine rings is 1. The standard InChI is InChI=1S/C12H23BrN2/c1-12(2,9-13)10-14-6-7-15-5-3-4-11(15)8-14/h11H,3-10H2,1-2H3. The Morgan fingerprint density at radius 2 is 2.07 bits per heavy atom. The molecule has 2 aliphatic rings. The fraction of sp³-hybridized carbons (Fsp3) is 1.00. The molecule has 2 saturated heterocycles. The van der Waals surface area contributed by atoms with Crippen LogP contribution >= 0.6 is 15.9 Å². The second kappa shape index (κ2) is 4.72. The highest BCUT2D eigenvalue weighted by Gasteiger charge is 2.32. The van der Waals surface area contributed by atoms with E-state index in [9.17, 15) is 0 Å². The number of rotatable bonds is 3. The van der Waals surface area contributed by atoms with Crippen molar-refractivity contribution in [2.75, 3.05) is 38.1 Å². The predicted molar refractivity (Wildman–Crippen MR) is 68.6 cm³/mol. The average Bonchev–Trinajstić information content (AvgIpc) is 2.64. The zero-order chi connectivity index (χ0) is 10.9. The van der Waals surface area contributed by atoms with Gasteiger partial charge in [-0.25, -0.2) is 0 Å². The van der Waals surface area contributed by atoms with Crippen molar-refractivity contribution in [3.05, 3.63) is 0 Å². The van der Waals surface area contributed by atoms with Crippen LogP contribution in [0.3, 0.4) is 0 Å². The summed E-state index contributed by atoms with van der Waals surface area (Å²) in [5.41, 5.74) is 0.417. The van der Waals surface area contributed by atoms with Gasteiger partial charge in [0.25, 0.3) is 0 Å². The van der Waals surface area contributed by atoms with Gasteiger partial charge in [-0.05, 0) is 24.8 Å². The zero-order valence-electron chi connectivity index (χ0n) is 10.0. The second-order valence-electron chi connectivity index (χ2n) is 5.86. The van der Waals surface area contributed by atoms with Crippen LogP contribution in [0.1, 0.15) is 26.7 Å². The van der Waals surface area contributed by atoms with Gasteiger partial charge in [-0.3, -0.25) is 9.80 Å². The van der Waals surface area contributed by atoms with Crippen LogP contribution in [0.5, 0.6) is 0 Å². The molecule has 0 spiro atoms. The zero-order valence-corrected chi connectivity index (χ0v) is 11.6. The Morgan fingerprint density at radius 3 is 2.80 bits per heavy atom. The van der Waals surface area contributed by atoms with E-state index < -0.39 is 0 Å². The largest absolute Gasteiger partial charge is 0.300 e. The van der Waals surface area contributed by atoms with Crippen molar-refractivity contribution in [2.45, 2.75) is 32.7 Å². The number of halogens is 1. The summed E-state index contributed by atoms with van der Waals surface area (Å²) < 4.78 is 0. The molecule has 0 aromatic heterocycles. The molecule has 3 heteroatoms. The molecule has 0 saturated carbocycles. The maximum absolute atomic E-state index is 3.62. The minimum Gasteiger partial charge on any atom is -0.300 e. The van der Waals surface area contributed by atoms with Crippen molar-refractivity contribution in [2.24, 2.45) is 5.41 Å². The van der Waals surface area contributed by atoms with E-state index in [0.29, 0.717) is 5.41 Å². The topological polar surface area (TPSA) is 6.48 Å². The van der Waals surface area contributed by atoms with Crippen molar-refractivity contribution in [1.29, 1.82) is 0 Å². The van der Waals surface area contributed by atoms with Gasteiger partial charge >= 0.3 is 0 Å². The number of hydrogen-bond acceptors (Lipinski definition) is 2. The van der Waals surface area contributed by atoms with Gasteiger partial charge in [0.2, 0.25) is 0 Å². The molecule has 0 bridgehead atoms. The Kier molecular flexibility index (Phi) is 3.74. The van der Waals surface area contributed by atoms with E-state index in [4.69, 9.17) is 0 Å². The van der Waals surface area contributed by atoms with E-state index in [1.807, 2.05) is 0 Å². The minimum atomic E-state index is 0.417. The van der Waals surface area contributed by atoms with Gasteiger partial charge < -0.3 is 0 Å². The summed E-state index contributed by atoms with van der Waals surface area (Å²) in [5.74, 6) is 0. The summed E-state index contributed by atoms with van der Waals surface area (Å²) in [5, 5.41) is 1.10. The van der Waals surface area contributed by atoms with E-state index in [1.54, 1.807) is 0 Å². The number of hydrogen-bond donors (Lipinski definition) is 0. The monoisotopic (exact) mass is 274 g/mol. The fourth-order valence-electron chi connectivity index (χ4n) is 2.85. The molecule has 1 unspecified atom stereocenters. The summed E-state index contributed by atoms with van der Waals surface area (Å²) in [6.45, 7) is 11.2. The first kappa shape index (κ1) is 11.9. The Hall–Kier alpha value is 0.400. The lowest BCUT2D eigenvalue weighted by Crippen LogP contribution is -2.52. The molecule has 0 aromatic rings. The SMILES string of the molecule is CC(C)(CBr)CN1CCN2CCCC2C1. The fourth-order valence-corrected chi connectivity index (χ4v) is 3.02. The molecular formula is C12H23BrN2. The van der Waals surface area contributed by atoms with Crippen molar-refractivity contribution >= 4 is 15.9 Å². The lowest BCUT2D eigenvalue weighted by molar-refractivity contribution is 0.0803. The van der Waals surface area contributed by atoms with Crippen LogP contribution < -0.4 is 0 Å². The number of fused-ring (bicyclic) bond motifs is 1. The van der Waals surface area contributed by atoms with E-state index in [1.165, 1.54) is 45.6 Å².